The lowest BCUT2D eigenvalue weighted by Crippen LogP contribution is -2.49. The minimum absolute atomic E-state index is 0.0349. The highest BCUT2D eigenvalue weighted by molar-refractivity contribution is 7.89. The maximum Gasteiger partial charge on any atom is 0.212 e. The lowest BCUT2D eigenvalue weighted by Gasteiger charge is -2.36. The fraction of sp³-hybridized carbons (Fsp3) is 0.933. The summed E-state index contributed by atoms with van der Waals surface area (Å²) in [7, 11) is -2.21. The van der Waals surface area contributed by atoms with Gasteiger partial charge < -0.3 is 9.84 Å². The van der Waals surface area contributed by atoms with Gasteiger partial charge in [-0.2, -0.15) is 0 Å². The summed E-state index contributed by atoms with van der Waals surface area (Å²) in [5.41, 5.74) is -2.34. The average Bonchev–Trinajstić information content (AvgIpc) is 2.70. The molecule has 0 spiro atoms. The zero-order valence-electron chi connectivity index (χ0n) is 13.8. The molecule has 0 heterocycles. The summed E-state index contributed by atoms with van der Waals surface area (Å²) in [6, 6.07) is 0. The van der Waals surface area contributed by atoms with Crippen molar-refractivity contribution in [1.82, 2.24) is 4.72 Å². The molecule has 2 N–H and O–H groups in total. The van der Waals surface area contributed by atoms with Gasteiger partial charge in [-0.3, -0.25) is 4.79 Å². The molecule has 2 bridgehead atoms. The molecule has 22 heavy (non-hydrogen) atoms. The number of sulfonamides is 1. The van der Waals surface area contributed by atoms with Gasteiger partial charge in [-0.1, -0.05) is 13.8 Å². The van der Waals surface area contributed by atoms with Gasteiger partial charge in [0.2, 0.25) is 10.0 Å². The van der Waals surface area contributed by atoms with E-state index in [2.05, 4.69) is 4.72 Å². The molecule has 0 aromatic carbocycles. The molecule has 3 atom stereocenters. The zero-order valence-corrected chi connectivity index (χ0v) is 14.6. The Bertz CT molecular complexity index is 554. The Morgan fingerprint density at radius 3 is 2.55 bits per heavy atom. The summed E-state index contributed by atoms with van der Waals surface area (Å²) in [6.07, 6.45) is 2.04. The van der Waals surface area contributed by atoms with Crippen molar-refractivity contribution < 1.29 is 23.1 Å². The molecule has 2 aliphatic rings. The predicted molar refractivity (Wildman–Crippen MR) is 82.9 cm³/mol. The van der Waals surface area contributed by atoms with Crippen LogP contribution in [0.2, 0.25) is 0 Å². The van der Waals surface area contributed by atoms with Gasteiger partial charge in [0.25, 0.3) is 0 Å². The smallest absolute Gasteiger partial charge is 0.212 e. The third-order valence-corrected chi connectivity index (χ3v) is 7.16. The number of methoxy groups -OCH3 is 1. The summed E-state index contributed by atoms with van der Waals surface area (Å²) in [6.45, 7) is 5.43. The average molecular weight is 333 g/mol. The highest BCUT2D eigenvalue weighted by Crippen LogP contribution is 2.64. The van der Waals surface area contributed by atoms with Crippen molar-refractivity contribution in [3.8, 4) is 0 Å². The van der Waals surface area contributed by atoms with E-state index in [4.69, 9.17) is 4.74 Å². The molecule has 0 radical (unpaired) electrons. The standard InChI is InChI=1S/C15H27NO5S/c1-13(2)11-5-6-15(13,12(17)7-11)10-22(19,20)16-8-14(3,18)9-21-4/h11,16,18H,5-10H2,1-4H3/t11-,14+,15-/m0/s1. The number of Topliss-reactive ketones (excluding diaryl/α,β-unsaturated/α-hetero) is 1. The molecule has 2 saturated carbocycles. The lowest BCUT2D eigenvalue weighted by atomic mass is 9.70. The summed E-state index contributed by atoms with van der Waals surface area (Å²) in [5, 5.41) is 10.0. The second-order valence-electron chi connectivity index (χ2n) is 7.68. The number of fused-ring (bicyclic) bond motifs is 2. The van der Waals surface area contributed by atoms with Gasteiger partial charge in [0.15, 0.2) is 0 Å². The molecule has 128 valence electrons. The van der Waals surface area contributed by atoms with Gasteiger partial charge in [0.1, 0.15) is 5.78 Å². The molecule has 2 rings (SSSR count). The number of hydrogen-bond donors (Lipinski definition) is 2. The number of carbonyl (C=O) groups is 1. The number of ether oxygens (including phenoxy) is 1. The van der Waals surface area contributed by atoms with Crippen LogP contribution in [-0.4, -0.2) is 50.9 Å². The number of hydrogen-bond acceptors (Lipinski definition) is 5. The maximum absolute atomic E-state index is 12.4. The van der Waals surface area contributed by atoms with Crippen LogP contribution in [0.25, 0.3) is 0 Å². The molecule has 2 aliphatic carbocycles. The first-order chi connectivity index (χ1) is 9.96. The number of rotatable bonds is 7. The van der Waals surface area contributed by atoms with Crippen molar-refractivity contribution in [2.24, 2.45) is 16.7 Å². The van der Waals surface area contributed by atoms with Gasteiger partial charge >= 0.3 is 0 Å². The van der Waals surface area contributed by atoms with E-state index in [9.17, 15) is 18.3 Å². The largest absolute Gasteiger partial charge is 0.386 e. The van der Waals surface area contributed by atoms with Crippen LogP contribution >= 0.6 is 0 Å². The van der Waals surface area contributed by atoms with E-state index < -0.39 is 21.0 Å². The van der Waals surface area contributed by atoms with E-state index in [1.165, 1.54) is 14.0 Å². The van der Waals surface area contributed by atoms with Gasteiger partial charge in [-0.25, -0.2) is 13.1 Å². The third kappa shape index (κ3) is 2.96. The number of aliphatic hydroxyl groups is 1. The Labute approximate surface area is 132 Å². The minimum Gasteiger partial charge on any atom is -0.386 e. The molecule has 6 nitrogen and oxygen atoms in total. The summed E-state index contributed by atoms with van der Waals surface area (Å²) in [4.78, 5) is 12.4. The fourth-order valence-corrected chi connectivity index (χ4v) is 6.07. The molecule has 2 fully saturated rings. The highest BCUT2D eigenvalue weighted by atomic mass is 32.2. The minimum atomic E-state index is -3.65. The Balaban J connectivity index is 2.11. The van der Waals surface area contributed by atoms with E-state index in [1.54, 1.807) is 0 Å². The summed E-state index contributed by atoms with van der Waals surface area (Å²) in [5.74, 6) is 0.167. The SMILES string of the molecule is COC[C@](C)(O)CNS(=O)(=O)C[C@@]12CC[C@@H](CC1=O)C2(C)C. The first kappa shape index (κ1) is 17.8. The molecule has 0 aliphatic heterocycles. The topological polar surface area (TPSA) is 92.7 Å². The predicted octanol–water partition coefficient (Wildman–Crippen LogP) is 0.699. The van der Waals surface area contributed by atoms with Gasteiger partial charge in [-0.05, 0) is 31.1 Å². The van der Waals surface area contributed by atoms with Gasteiger partial charge in [-0.15, -0.1) is 0 Å². The van der Waals surface area contributed by atoms with Crippen molar-refractivity contribution in [3.63, 3.8) is 0 Å². The monoisotopic (exact) mass is 333 g/mol. The molecule has 0 unspecified atom stereocenters. The van der Waals surface area contributed by atoms with E-state index >= 15 is 0 Å². The third-order valence-electron chi connectivity index (χ3n) is 5.70. The molecule has 0 aromatic rings. The van der Waals surface area contributed by atoms with E-state index in [0.717, 1.165) is 6.42 Å². The molecule has 0 amide bonds. The van der Waals surface area contributed by atoms with E-state index in [-0.39, 0.29) is 36.0 Å². The number of ketones is 1. The first-order valence-electron chi connectivity index (χ1n) is 7.68. The fourth-order valence-electron chi connectivity index (χ4n) is 4.11. The molecular formula is C15H27NO5S. The second kappa shape index (κ2) is 5.54. The Kier molecular flexibility index (Phi) is 4.50. The van der Waals surface area contributed by atoms with Gasteiger partial charge in [0, 0.05) is 25.5 Å². The summed E-state index contributed by atoms with van der Waals surface area (Å²) >= 11 is 0. The molecule has 0 aromatic heterocycles. The van der Waals surface area contributed by atoms with Crippen LogP contribution < -0.4 is 4.72 Å². The van der Waals surface area contributed by atoms with Crippen LogP contribution in [-0.2, 0) is 19.6 Å². The Morgan fingerprint density at radius 1 is 1.45 bits per heavy atom. The van der Waals surface area contributed by atoms with Crippen LogP contribution in [0.5, 0.6) is 0 Å². The van der Waals surface area contributed by atoms with Crippen molar-refractivity contribution in [1.29, 1.82) is 0 Å². The second-order valence-corrected chi connectivity index (χ2v) is 9.48. The maximum atomic E-state index is 12.4. The number of nitrogens with one attached hydrogen (secondary N) is 1. The van der Waals surface area contributed by atoms with Crippen LogP contribution in [0.3, 0.4) is 0 Å². The highest BCUT2D eigenvalue weighted by Gasteiger charge is 2.65. The van der Waals surface area contributed by atoms with Crippen molar-refractivity contribution in [2.45, 2.75) is 45.6 Å². The lowest BCUT2D eigenvalue weighted by molar-refractivity contribution is -0.128. The molecule has 7 heteroatoms. The van der Waals surface area contributed by atoms with Crippen LogP contribution in [0.1, 0.15) is 40.0 Å². The molecular weight excluding hydrogens is 306 g/mol. The van der Waals surface area contributed by atoms with E-state index in [1.807, 2.05) is 13.8 Å². The zero-order chi connectivity index (χ0) is 16.8. The number of carbonyl (C=O) groups excluding carboxylic acids is 1. The normalized spacial score (nSPS) is 33.1. The van der Waals surface area contributed by atoms with Crippen LogP contribution in [0.15, 0.2) is 0 Å². The van der Waals surface area contributed by atoms with Crippen LogP contribution in [0, 0.1) is 16.7 Å². The molecule has 0 saturated heterocycles. The van der Waals surface area contributed by atoms with Gasteiger partial charge in [0.05, 0.1) is 18.0 Å². The van der Waals surface area contributed by atoms with Crippen molar-refractivity contribution in [3.05, 3.63) is 0 Å². The summed E-state index contributed by atoms with van der Waals surface area (Å²) < 4.78 is 32.2. The Hall–Kier alpha value is -0.500. The van der Waals surface area contributed by atoms with Crippen molar-refractivity contribution in [2.75, 3.05) is 26.0 Å². The van der Waals surface area contributed by atoms with Crippen LogP contribution in [0.4, 0.5) is 0 Å². The van der Waals surface area contributed by atoms with E-state index in [0.29, 0.717) is 12.8 Å². The quantitative estimate of drug-likeness (QED) is 0.715. The Morgan fingerprint density at radius 2 is 2.09 bits per heavy atom. The van der Waals surface area contributed by atoms with Crippen molar-refractivity contribution >= 4 is 15.8 Å². The first-order valence-corrected chi connectivity index (χ1v) is 9.33.